The number of carbonyl (C=O) groups excluding carboxylic acids is 1. The number of anilines is 2. The molecule has 0 atom stereocenters. The minimum absolute atomic E-state index is 0.217. The number of halogens is 1. The van der Waals surface area contributed by atoms with Gasteiger partial charge in [0.1, 0.15) is 5.82 Å². The van der Waals surface area contributed by atoms with E-state index in [1.54, 1.807) is 6.07 Å². The molecule has 2 rings (SSSR count). The molecule has 2 aromatic rings. The topological polar surface area (TPSA) is 54.0 Å². The lowest BCUT2D eigenvalue weighted by molar-refractivity contribution is 0.102. The summed E-state index contributed by atoms with van der Waals surface area (Å²) < 4.78 is 0. The number of thiophene rings is 1. The van der Waals surface area contributed by atoms with Crippen molar-refractivity contribution in [3.63, 3.8) is 0 Å². The first-order valence-electron chi connectivity index (χ1n) is 5.43. The van der Waals surface area contributed by atoms with E-state index in [1.165, 1.54) is 17.5 Å². The van der Waals surface area contributed by atoms with Gasteiger partial charge in [-0.1, -0.05) is 11.6 Å². The van der Waals surface area contributed by atoms with E-state index in [-0.39, 0.29) is 5.91 Å². The molecule has 0 bridgehead atoms. The van der Waals surface area contributed by atoms with Gasteiger partial charge in [0.25, 0.3) is 5.91 Å². The highest BCUT2D eigenvalue weighted by atomic mass is 35.5. The summed E-state index contributed by atoms with van der Waals surface area (Å²) >= 11 is 7.55. The van der Waals surface area contributed by atoms with Crippen molar-refractivity contribution in [3.8, 4) is 0 Å². The molecule has 0 spiro atoms. The van der Waals surface area contributed by atoms with Crippen molar-refractivity contribution < 1.29 is 4.79 Å². The molecular formula is C12H12ClN3OS. The van der Waals surface area contributed by atoms with Gasteiger partial charge in [0.15, 0.2) is 0 Å². The van der Waals surface area contributed by atoms with Crippen LogP contribution in [0.25, 0.3) is 0 Å². The van der Waals surface area contributed by atoms with Gasteiger partial charge in [0, 0.05) is 18.1 Å². The zero-order valence-corrected chi connectivity index (χ0v) is 11.3. The summed E-state index contributed by atoms with van der Waals surface area (Å²) in [6.45, 7) is 2.68. The number of amides is 1. The van der Waals surface area contributed by atoms with E-state index in [0.717, 1.165) is 12.2 Å². The van der Waals surface area contributed by atoms with Gasteiger partial charge >= 0.3 is 0 Å². The van der Waals surface area contributed by atoms with Crippen molar-refractivity contribution in [2.75, 3.05) is 17.2 Å². The summed E-state index contributed by atoms with van der Waals surface area (Å²) in [7, 11) is 0. The Balaban J connectivity index is 2.13. The van der Waals surface area contributed by atoms with E-state index >= 15 is 0 Å². The predicted octanol–water partition coefficient (Wildman–Crippen LogP) is 3.48. The molecule has 18 heavy (non-hydrogen) atoms. The molecule has 0 unspecified atom stereocenters. The normalized spacial score (nSPS) is 10.1. The van der Waals surface area contributed by atoms with Crippen LogP contribution >= 0.6 is 22.9 Å². The molecule has 0 aromatic carbocycles. The minimum atomic E-state index is -0.217. The molecule has 1 amide bonds. The largest absolute Gasteiger partial charge is 0.369 e. The number of rotatable bonds is 4. The summed E-state index contributed by atoms with van der Waals surface area (Å²) in [6.07, 6.45) is 1.51. The number of aromatic nitrogens is 1. The van der Waals surface area contributed by atoms with E-state index in [4.69, 9.17) is 11.6 Å². The van der Waals surface area contributed by atoms with Gasteiger partial charge < -0.3 is 10.6 Å². The SMILES string of the molecule is CCNc1ncc(C(=O)Nc2ccsc2)cc1Cl. The first kappa shape index (κ1) is 12.9. The fourth-order valence-electron chi connectivity index (χ4n) is 1.40. The monoisotopic (exact) mass is 281 g/mol. The van der Waals surface area contributed by atoms with Crippen LogP contribution in [0.15, 0.2) is 29.1 Å². The van der Waals surface area contributed by atoms with Crippen molar-refractivity contribution >= 4 is 40.4 Å². The average Bonchev–Trinajstić information content (AvgIpc) is 2.84. The first-order valence-corrected chi connectivity index (χ1v) is 6.75. The lowest BCUT2D eigenvalue weighted by atomic mass is 10.2. The number of carbonyl (C=O) groups is 1. The Bertz CT molecular complexity index is 542. The number of pyridine rings is 1. The standard InChI is InChI=1S/C12H12ClN3OS/c1-2-14-11-10(13)5-8(6-15-11)12(17)16-9-3-4-18-7-9/h3-7H,2H2,1H3,(H,14,15)(H,16,17). The van der Waals surface area contributed by atoms with Crippen molar-refractivity contribution in [1.82, 2.24) is 4.98 Å². The van der Waals surface area contributed by atoms with Crippen LogP contribution in [0.1, 0.15) is 17.3 Å². The Labute approximate surface area is 114 Å². The molecule has 2 aromatic heterocycles. The van der Waals surface area contributed by atoms with Gasteiger partial charge in [-0.05, 0) is 24.4 Å². The fraction of sp³-hybridized carbons (Fsp3) is 0.167. The molecule has 0 fully saturated rings. The third kappa shape index (κ3) is 3.00. The molecule has 0 radical (unpaired) electrons. The maximum absolute atomic E-state index is 11.9. The quantitative estimate of drug-likeness (QED) is 0.902. The van der Waals surface area contributed by atoms with Gasteiger partial charge in [-0.15, -0.1) is 0 Å². The summed E-state index contributed by atoms with van der Waals surface area (Å²) in [6, 6.07) is 3.44. The summed E-state index contributed by atoms with van der Waals surface area (Å²) in [4.78, 5) is 16.0. The van der Waals surface area contributed by atoms with Crippen LogP contribution in [0.5, 0.6) is 0 Å². The molecule has 0 aliphatic carbocycles. The first-order chi connectivity index (χ1) is 8.70. The van der Waals surface area contributed by atoms with E-state index < -0.39 is 0 Å². The van der Waals surface area contributed by atoms with Gasteiger partial charge in [0.05, 0.1) is 16.3 Å². The molecule has 0 saturated carbocycles. The Morgan fingerprint density at radius 3 is 3.00 bits per heavy atom. The Morgan fingerprint density at radius 1 is 1.56 bits per heavy atom. The van der Waals surface area contributed by atoms with Crippen LogP contribution in [-0.2, 0) is 0 Å². The highest BCUT2D eigenvalue weighted by Gasteiger charge is 2.10. The van der Waals surface area contributed by atoms with Gasteiger partial charge in [-0.3, -0.25) is 4.79 Å². The second-order valence-corrected chi connectivity index (χ2v) is 4.74. The Hall–Kier alpha value is -1.59. The van der Waals surface area contributed by atoms with Crippen LogP contribution in [-0.4, -0.2) is 17.4 Å². The zero-order chi connectivity index (χ0) is 13.0. The Kier molecular flexibility index (Phi) is 4.17. The highest BCUT2D eigenvalue weighted by molar-refractivity contribution is 7.08. The van der Waals surface area contributed by atoms with Gasteiger partial charge in [-0.25, -0.2) is 4.98 Å². The summed E-state index contributed by atoms with van der Waals surface area (Å²) in [5, 5.41) is 9.98. The minimum Gasteiger partial charge on any atom is -0.369 e. The smallest absolute Gasteiger partial charge is 0.257 e. The number of nitrogens with zero attached hydrogens (tertiary/aromatic N) is 1. The third-order valence-corrected chi connectivity index (χ3v) is 3.20. The maximum atomic E-state index is 11.9. The molecule has 2 heterocycles. The molecule has 0 aliphatic rings. The van der Waals surface area contributed by atoms with Crippen molar-refractivity contribution in [2.45, 2.75) is 6.92 Å². The van der Waals surface area contributed by atoms with Crippen LogP contribution < -0.4 is 10.6 Å². The predicted molar refractivity (Wildman–Crippen MR) is 75.7 cm³/mol. The van der Waals surface area contributed by atoms with Crippen molar-refractivity contribution in [1.29, 1.82) is 0 Å². The van der Waals surface area contributed by atoms with Crippen LogP contribution in [0.2, 0.25) is 5.02 Å². The van der Waals surface area contributed by atoms with E-state index in [2.05, 4.69) is 15.6 Å². The zero-order valence-electron chi connectivity index (χ0n) is 9.74. The summed E-state index contributed by atoms with van der Waals surface area (Å²) in [5.41, 5.74) is 1.21. The highest BCUT2D eigenvalue weighted by Crippen LogP contribution is 2.21. The van der Waals surface area contributed by atoms with Gasteiger partial charge in [-0.2, -0.15) is 11.3 Å². The van der Waals surface area contributed by atoms with Crippen LogP contribution in [0, 0.1) is 0 Å². The fourth-order valence-corrected chi connectivity index (χ4v) is 2.22. The Morgan fingerprint density at radius 2 is 2.39 bits per heavy atom. The number of hydrogen-bond donors (Lipinski definition) is 2. The lowest BCUT2D eigenvalue weighted by Crippen LogP contribution is -2.12. The molecule has 0 aliphatic heterocycles. The lowest BCUT2D eigenvalue weighted by Gasteiger charge is -2.07. The van der Waals surface area contributed by atoms with Crippen molar-refractivity contribution in [2.24, 2.45) is 0 Å². The van der Waals surface area contributed by atoms with Crippen LogP contribution in [0.4, 0.5) is 11.5 Å². The second kappa shape index (κ2) is 5.84. The molecular weight excluding hydrogens is 270 g/mol. The van der Waals surface area contributed by atoms with Gasteiger partial charge in [0.2, 0.25) is 0 Å². The average molecular weight is 282 g/mol. The molecule has 0 saturated heterocycles. The van der Waals surface area contributed by atoms with Crippen molar-refractivity contribution in [3.05, 3.63) is 39.7 Å². The van der Waals surface area contributed by atoms with E-state index in [9.17, 15) is 4.79 Å². The van der Waals surface area contributed by atoms with E-state index in [0.29, 0.717) is 16.4 Å². The number of nitrogens with one attached hydrogen (secondary N) is 2. The van der Waals surface area contributed by atoms with Crippen LogP contribution in [0.3, 0.4) is 0 Å². The van der Waals surface area contributed by atoms with E-state index in [1.807, 2.05) is 23.8 Å². The third-order valence-electron chi connectivity index (χ3n) is 2.23. The maximum Gasteiger partial charge on any atom is 0.257 e. The molecule has 4 nitrogen and oxygen atoms in total. The number of hydrogen-bond acceptors (Lipinski definition) is 4. The molecule has 94 valence electrons. The molecule has 2 N–H and O–H groups in total. The summed E-state index contributed by atoms with van der Waals surface area (Å²) in [5.74, 6) is 0.372. The molecule has 6 heteroatoms. The second-order valence-electron chi connectivity index (χ2n) is 3.55.